The maximum absolute atomic E-state index is 11.6. The molecule has 4 nitrogen and oxygen atoms in total. The van der Waals surface area contributed by atoms with Crippen molar-refractivity contribution in [2.45, 2.75) is 51.1 Å². The predicted octanol–water partition coefficient (Wildman–Crippen LogP) is 2.73. The molecular formula is C15H21N3O. The summed E-state index contributed by atoms with van der Waals surface area (Å²) >= 11 is 0. The van der Waals surface area contributed by atoms with Gasteiger partial charge in [-0.2, -0.15) is 0 Å². The molecular weight excluding hydrogens is 238 g/mol. The standard InChI is InChI=1S/C15H21N3O/c1-11(19)18-9-3-6-14(18)12-7-8-15(16-10-12)17-13-4-2-5-13/h7-8,10,13-14H,2-6,9H2,1H3,(H,16,17). The fourth-order valence-electron chi connectivity index (χ4n) is 2.94. The Balaban J connectivity index is 1.69. The van der Waals surface area contributed by atoms with Gasteiger partial charge in [-0.25, -0.2) is 4.98 Å². The number of likely N-dealkylation sites (tertiary alicyclic amines) is 1. The molecule has 1 saturated carbocycles. The summed E-state index contributed by atoms with van der Waals surface area (Å²) in [6.07, 6.45) is 7.90. The van der Waals surface area contributed by atoms with Crippen molar-refractivity contribution in [3.05, 3.63) is 23.9 Å². The second-order valence-corrected chi connectivity index (χ2v) is 5.62. The van der Waals surface area contributed by atoms with E-state index in [0.717, 1.165) is 30.8 Å². The van der Waals surface area contributed by atoms with Crippen LogP contribution in [0.4, 0.5) is 5.82 Å². The Bertz CT molecular complexity index is 453. The Kier molecular flexibility index (Phi) is 3.40. The van der Waals surface area contributed by atoms with Gasteiger partial charge in [-0.15, -0.1) is 0 Å². The minimum atomic E-state index is 0.166. The van der Waals surface area contributed by atoms with E-state index in [2.05, 4.69) is 16.4 Å². The molecule has 1 aromatic heterocycles. The quantitative estimate of drug-likeness (QED) is 0.907. The normalized spacial score (nSPS) is 23.2. The van der Waals surface area contributed by atoms with E-state index < -0.39 is 0 Å². The molecule has 0 bridgehead atoms. The Morgan fingerprint density at radius 1 is 1.32 bits per heavy atom. The van der Waals surface area contributed by atoms with Gasteiger partial charge in [0.2, 0.25) is 5.91 Å². The highest BCUT2D eigenvalue weighted by Gasteiger charge is 2.28. The van der Waals surface area contributed by atoms with Crippen LogP contribution in [0, 0.1) is 0 Å². The van der Waals surface area contributed by atoms with E-state index >= 15 is 0 Å². The van der Waals surface area contributed by atoms with E-state index in [-0.39, 0.29) is 11.9 Å². The van der Waals surface area contributed by atoms with Crippen LogP contribution >= 0.6 is 0 Å². The highest BCUT2D eigenvalue weighted by atomic mass is 16.2. The molecule has 3 rings (SSSR count). The van der Waals surface area contributed by atoms with Crippen molar-refractivity contribution in [1.82, 2.24) is 9.88 Å². The molecule has 1 aliphatic heterocycles. The highest BCUT2D eigenvalue weighted by Crippen LogP contribution is 2.32. The largest absolute Gasteiger partial charge is 0.367 e. The molecule has 1 atom stereocenters. The molecule has 4 heteroatoms. The fraction of sp³-hybridized carbons (Fsp3) is 0.600. The van der Waals surface area contributed by atoms with E-state index in [1.54, 1.807) is 6.92 Å². The summed E-state index contributed by atoms with van der Waals surface area (Å²) in [5.41, 5.74) is 1.16. The van der Waals surface area contributed by atoms with Crippen LogP contribution in [0.25, 0.3) is 0 Å². The van der Waals surface area contributed by atoms with Crippen molar-refractivity contribution in [2.24, 2.45) is 0 Å². The number of hydrogen-bond acceptors (Lipinski definition) is 3. The van der Waals surface area contributed by atoms with Gasteiger partial charge in [-0.1, -0.05) is 6.07 Å². The van der Waals surface area contributed by atoms with Crippen molar-refractivity contribution in [3.8, 4) is 0 Å². The molecule has 0 spiro atoms. The first-order valence-corrected chi connectivity index (χ1v) is 7.24. The number of nitrogens with one attached hydrogen (secondary N) is 1. The number of rotatable bonds is 3. The smallest absolute Gasteiger partial charge is 0.219 e. The number of carbonyl (C=O) groups excluding carboxylic acids is 1. The van der Waals surface area contributed by atoms with E-state index in [4.69, 9.17) is 0 Å². The Labute approximate surface area is 114 Å². The van der Waals surface area contributed by atoms with Crippen molar-refractivity contribution < 1.29 is 4.79 Å². The van der Waals surface area contributed by atoms with E-state index in [1.807, 2.05) is 17.2 Å². The Hall–Kier alpha value is -1.58. The van der Waals surface area contributed by atoms with Gasteiger partial charge in [0, 0.05) is 25.7 Å². The monoisotopic (exact) mass is 259 g/mol. The maximum atomic E-state index is 11.6. The second-order valence-electron chi connectivity index (χ2n) is 5.62. The first-order valence-electron chi connectivity index (χ1n) is 7.24. The second kappa shape index (κ2) is 5.19. The Morgan fingerprint density at radius 2 is 2.16 bits per heavy atom. The van der Waals surface area contributed by atoms with E-state index in [9.17, 15) is 4.79 Å². The molecule has 1 unspecified atom stereocenters. The van der Waals surface area contributed by atoms with Crippen LogP contribution in [0.2, 0.25) is 0 Å². The van der Waals surface area contributed by atoms with Crippen LogP contribution in [0.3, 0.4) is 0 Å². The number of aromatic nitrogens is 1. The summed E-state index contributed by atoms with van der Waals surface area (Å²) in [7, 11) is 0. The number of hydrogen-bond donors (Lipinski definition) is 1. The molecule has 102 valence electrons. The van der Waals surface area contributed by atoms with Gasteiger partial charge in [-0.3, -0.25) is 4.79 Å². The number of pyridine rings is 1. The summed E-state index contributed by atoms with van der Waals surface area (Å²) in [5.74, 6) is 1.12. The zero-order valence-electron chi connectivity index (χ0n) is 11.4. The summed E-state index contributed by atoms with van der Waals surface area (Å²) in [6.45, 7) is 2.53. The maximum Gasteiger partial charge on any atom is 0.219 e. The van der Waals surface area contributed by atoms with Gasteiger partial charge in [0.05, 0.1) is 6.04 Å². The third-order valence-corrected chi connectivity index (χ3v) is 4.29. The van der Waals surface area contributed by atoms with Crippen LogP contribution in [0.5, 0.6) is 0 Å². The van der Waals surface area contributed by atoms with Gasteiger partial charge >= 0.3 is 0 Å². The van der Waals surface area contributed by atoms with Crippen molar-refractivity contribution in [1.29, 1.82) is 0 Å². The molecule has 19 heavy (non-hydrogen) atoms. The zero-order chi connectivity index (χ0) is 13.2. The molecule has 2 aliphatic rings. The minimum Gasteiger partial charge on any atom is -0.367 e. The van der Waals surface area contributed by atoms with Gasteiger partial charge in [-0.05, 0) is 43.7 Å². The predicted molar refractivity (Wildman–Crippen MR) is 74.9 cm³/mol. The van der Waals surface area contributed by atoms with Gasteiger partial charge < -0.3 is 10.2 Å². The average Bonchev–Trinajstić information content (AvgIpc) is 2.84. The molecule has 1 N–H and O–H groups in total. The minimum absolute atomic E-state index is 0.166. The lowest BCUT2D eigenvalue weighted by Gasteiger charge is -2.27. The average molecular weight is 259 g/mol. The SMILES string of the molecule is CC(=O)N1CCCC1c1ccc(NC2CCC2)nc1. The number of nitrogens with zero attached hydrogens (tertiary/aromatic N) is 2. The van der Waals surface area contributed by atoms with Crippen molar-refractivity contribution in [3.63, 3.8) is 0 Å². The number of anilines is 1. The van der Waals surface area contributed by atoms with Gasteiger partial charge in [0.25, 0.3) is 0 Å². The Morgan fingerprint density at radius 3 is 2.74 bits per heavy atom. The molecule has 2 heterocycles. The van der Waals surface area contributed by atoms with Crippen molar-refractivity contribution in [2.75, 3.05) is 11.9 Å². The highest BCUT2D eigenvalue weighted by molar-refractivity contribution is 5.74. The molecule has 0 aromatic carbocycles. The topological polar surface area (TPSA) is 45.2 Å². The lowest BCUT2D eigenvalue weighted by molar-refractivity contribution is -0.129. The molecule has 1 aromatic rings. The summed E-state index contributed by atoms with van der Waals surface area (Å²) in [4.78, 5) is 18.0. The lowest BCUT2D eigenvalue weighted by Crippen LogP contribution is -2.28. The van der Waals surface area contributed by atoms with Crippen LogP contribution in [-0.2, 0) is 4.79 Å². The first kappa shape index (κ1) is 12.5. The van der Waals surface area contributed by atoms with E-state index in [0.29, 0.717) is 6.04 Å². The molecule has 1 saturated heterocycles. The zero-order valence-corrected chi connectivity index (χ0v) is 11.4. The third-order valence-electron chi connectivity index (χ3n) is 4.29. The van der Waals surface area contributed by atoms with Crippen LogP contribution in [0.15, 0.2) is 18.3 Å². The number of amides is 1. The van der Waals surface area contributed by atoms with Crippen molar-refractivity contribution >= 4 is 11.7 Å². The molecule has 2 fully saturated rings. The molecule has 1 aliphatic carbocycles. The van der Waals surface area contributed by atoms with Crippen LogP contribution < -0.4 is 5.32 Å². The molecule has 1 amide bonds. The van der Waals surface area contributed by atoms with E-state index in [1.165, 1.54) is 19.3 Å². The van der Waals surface area contributed by atoms with Gasteiger partial charge in [0.15, 0.2) is 0 Å². The van der Waals surface area contributed by atoms with Gasteiger partial charge in [0.1, 0.15) is 5.82 Å². The van der Waals surface area contributed by atoms with Crippen LogP contribution in [-0.4, -0.2) is 28.4 Å². The molecule has 0 radical (unpaired) electrons. The fourth-order valence-corrected chi connectivity index (χ4v) is 2.94. The van der Waals surface area contributed by atoms with Crippen LogP contribution in [0.1, 0.15) is 50.6 Å². The first-order chi connectivity index (χ1) is 9.24. The third kappa shape index (κ3) is 2.57. The summed E-state index contributed by atoms with van der Waals surface area (Å²) in [6, 6.07) is 4.99. The number of carbonyl (C=O) groups is 1. The lowest BCUT2D eigenvalue weighted by atomic mass is 9.93. The summed E-state index contributed by atoms with van der Waals surface area (Å²) in [5, 5.41) is 3.44. The summed E-state index contributed by atoms with van der Waals surface area (Å²) < 4.78 is 0.